The minimum absolute atomic E-state index is 0.209. The molecule has 7 nitrogen and oxygen atoms in total. The van der Waals surface area contributed by atoms with Gasteiger partial charge in [-0.05, 0) is 29.2 Å². The summed E-state index contributed by atoms with van der Waals surface area (Å²) in [5, 5.41) is 5.02. The summed E-state index contributed by atoms with van der Waals surface area (Å²) in [5.74, 6) is -0.804. The highest BCUT2D eigenvalue weighted by Gasteiger charge is 2.22. The first-order valence-electron chi connectivity index (χ1n) is 9.01. The van der Waals surface area contributed by atoms with Gasteiger partial charge in [-0.2, -0.15) is 0 Å². The monoisotopic (exact) mass is 383 g/mol. The van der Waals surface area contributed by atoms with Gasteiger partial charge < -0.3 is 21.1 Å². The Hall–Kier alpha value is -3.35. The van der Waals surface area contributed by atoms with Crippen LogP contribution in [0.3, 0.4) is 0 Å². The molecule has 2 aromatic carbocycles. The fraction of sp³-hybridized carbons (Fsp3) is 0.286. The van der Waals surface area contributed by atoms with E-state index in [1.807, 2.05) is 42.5 Å². The van der Waals surface area contributed by atoms with E-state index in [0.717, 1.165) is 11.1 Å². The number of ether oxygens (including phenoxy) is 1. The number of rotatable bonds is 8. The Kier molecular flexibility index (Phi) is 7.56. The fourth-order valence-corrected chi connectivity index (χ4v) is 2.60. The molecule has 4 N–H and O–H groups in total. The molecule has 0 aromatic heterocycles. The van der Waals surface area contributed by atoms with Crippen molar-refractivity contribution in [2.75, 3.05) is 11.9 Å². The number of hydrogen-bond donors (Lipinski definition) is 3. The summed E-state index contributed by atoms with van der Waals surface area (Å²) in [6, 6.07) is 14.7. The molecular weight excluding hydrogens is 358 g/mol. The van der Waals surface area contributed by atoms with Crippen LogP contribution < -0.4 is 16.4 Å². The third-order valence-corrected chi connectivity index (χ3v) is 4.09. The Morgan fingerprint density at radius 2 is 1.64 bits per heavy atom. The van der Waals surface area contributed by atoms with E-state index in [1.54, 1.807) is 12.1 Å². The van der Waals surface area contributed by atoms with Gasteiger partial charge in [0.05, 0.1) is 0 Å². The molecule has 0 unspecified atom stereocenters. The minimum atomic E-state index is -0.974. The number of carbonyl (C=O) groups is 3. The molecule has 2 aromatic rings. The van der Waals surface area contributed by atoms with Crippen LogP contribution in [0.2, 0.25) is 0 Å². The van der Waals surface area contributed by atoms with Crippen molar-refractivity contribution in [1.29, 1.82) is 0 Å². The average molecular weight is 383 g/mol. The van der Waals surface area contributed by atoms with Crippen LogP contribution >= 0.6 is 0 Å². The molecular formula is C21H25N3O4. The largest absolute Gasteiger partial charge is 0.454 e. The van der Waals surface area contributed by atoms with E-state index < -0.39 is 30.6 Å². The second kappa shape index (κ2) is 10.1. The summed E-state index contributed by atoms with van der Waals surface area (Å²) in [6.45, 7) is 3.70. The van der Waals surface area contributed by atoms with Crippen LogP contribution in [0.15, 0.2) is 54.6 Å². The summed E-state index contributed by atoms with van der Waals surface area (Å²) in [7, 11) is 0. The fourth-order valence-electron chi connectivity index (χ4n) is 2.60. The van der Waals surface area contributed by atoms with Gasteiger partial charge in [0.1, 0.15) is 6.04 Å². The average Bonchev–Trinajstić information content (AvgIpc) is 2.66. The number of hydrogen-bond acceptors (Lipinski definition) is 4. The van der Waals surface area contributed by atoms with Crippen molar-refractivity contribution in [3.63, 3.8) is 0 Å². The van der Waals surface area contributed by atoms with Crippen LogP contribution in [-0.4, -0.2) is 30.6 Å². The third kappa shape index (κ3) is 6.75. The van der Waals surface area contributed by atoms with Crippen molar-refractivity contribution >= 4 is 23.6 Å². The summed E-state index contributed by atoms with van der Waals surface area (Å²) in [5.41, 5.74) is 7.74. The normalized spacial score (nSPS) is 11.5. The van der Waals surface area contributed by atoms with Gasteiger partial charge in [0.15, 0.2) is 6.61 Å². The first kappa shape index (κ1) is 21.0. The Morgan fingerprint density at radius 3 is 2.21 bits per heavy atom. The van der Waals surface area contributed by atoms with Gasteiger partial charge in [-0.15, -0.1) is 0 Å². The Morgan fingerprint density at radius 1 is 1.00 bits per heavy atom. The van der Waals surface area contributed by atoms with Gasteiger partial charge >= 0.3 is 12.0 Å². The van der Waals surface area contributed by atoms with Gasteiger partial charge in [-0.25, -0.2) is 9.59 Å². The maximum absolute atomic E-state index is 12.3. The lowest BCUT2D eigenvalue weighted by atomic mass is 10.0. The molecule has 28 heavy (non-hydrogen) atoms. The van der Waals surface area contributed by atoms with Crippen LogP contribution in [0.5, 0.6) is 0 Å². The Bertz CT molecular complexity index is 804. The van der Waals surface area contributed by atoms with E-state index in [0.29, 0.717) is 11.6 Å². The first-order chi connectivity index (χ1) is 13.3. The number of nitrogens with one attached hydrogen (secondary N) is 2. The molecule has 0 aliphatic rings. The van der Waals surface area contributed by atoms with E-state index >= 15 is 0 Å². The molecule has 0 bridgehead atoms. The van der Waals surface area contributed by atoms with Crippen LogP contribution in [0.1, 0.15) is 30.9 Å². The standard InChI is InChI=1S/C21H25N3O4/c1-14(2)16-8-10-17(11-9-16)23-19(25)13-28-20(26)18(24-21(22)27)12-15-6-4-3-5-7-15/h3-11,14,18H,12-13H2,1-2H3,(H,23,25)(H3,22,24,27)/t18-/m0/s1. The number of esters is 1. The van der Waals surface area contributed by atoms with Gasteiger partial charge in [-0.3, -0.25) is 4.79 Å². The van der Waals surface area contributed by atoms with E-state index in [9.17, 15) is 14.4 Å². The lowest BCUT2D eigenvalue weighted by molar-refractivity contribution is -0.149. The summed E-state index contributed by atoms with van der Waals surface area (Å²) in [4.78, 5) is 35.5. The molecule has 0 aliphatic heterocycles. The number of primary amides is 1. The van der Waals surface area contributed by atoms with Crippen molar-refractivity contribution in [3.8, 4) is 0 Å². The highest BCUT2D eigenvalue weighted by atomic mass is 16.5. The smallest absolute Gasteiger partial charge is 0.329 e. The highest BCUT2D eigenvalue weighted by Crippen LogP contribution is 2.17. The Balaban J connectivity index is 1.89. The maximum Gasteiger partial charge on any atom is 0.329 e. The van der Waals surface area contributed by atoms with Crippen molar-refractivity contribution in [2.24, 2.45) is 5.73 Å². The zero-order valence-corrected chi connectivity index (χ0v) is 16.0. The predicted octanol–water partition coefficient (Wildman–Crippen LogP) is 2.57. The van der Waals surface area contributed by atoms with Gasteiger partial charge in [0, 0.05) is 12.1 Å². The molecule has 7 heteroatoms. The molecule has 0 aliphatic carbocycles. The third-order valence-electron chi connectivity index (χ3n) is 4.09. The van der Waals surface area contributed by atoms with Crippen LogP contribution in [0, 0.1) is 0 Å². The van der Waals surface area contributed by atoms with Crippen molar-refractivity contribution in [1.82, 2.24) is 5.32 Å². The number of anilines is 1. The maximum atomic E-state index is 12.3. The van der Waals surface area contributed by atoms with Crippen LogP contribution in [-0.2, 0) is 20.7 Å². The van der Waals surface area contributed by atoms with Crippen molar-refractivity contribution < 1.29 is 19.1 Å². The minimum Gasteiger partial charge on any atom is -0.454 e. The molecule has 0 saturated heterocycles. The molecule has 148 valence electrons. The van der Waals surface area contributed by atoms with Crippen LogP contribution in [0.4, 0.5) is 10.5 Å². The molecule has 0 saturated carbocycles. The topological polar surface area (TPSA) is 111 Å². The molecule has 0 fully saturated rings. The van der Waals surface area contributed by atoms with Gasteiger partial charge in [0.25, 0.3) is 5.91 Å². The second-order valence-corrected chi connectivity index (χ2v) is 6.68. The SMILES string of the molecule is CC(C)c1ccc(NC(=O)COC(=O)[C@H](Cc2ccccc2)NC(N)=O)cc1. The number of urea groups is 1. The predicted molar refractivity (Wildman–Crippen MR) is 107 cm³/mol. The summed E-state index contributed by atoms with van der Waals surface area (Å²) < 4.78 is 5.05. The van der Waals surface area contributed by atoms with Crippen LogP contribution in [0.25, 0.3) is 0 Å². The number of amides is 3. The second-order valence-electron chi connectivity index (χ2n) is 6.68. The van der Waals surface area contributed by atoms with Gasteiger partial charge in [0.2, 0.25) is 0 Å². The number of benzene rings is 2. The van der Waals surface area contributed by atoms with Crippen molar-refractivity contribution in [3.05, 3.63) is 65.7 Å². The zero-order valence-electron chi connectivity index (χ0n) is 16.0. The summed E-state index contributed by atoms with van der Waals surface area (Å²) >= 11 is 0. The molecule has 3 amide bonds. The molecule has 0 spiro atoms. The number of carbonyl (C=O) groups excluding carboxylic acids is 3. The van der Waals surface area contributed by atoms with E-state index in [4.69, 9.17) is 10.5 Å². The lowest BCUT2D eigenvalue weighted by Crippen LogP contribution is -2.46. The first-order valence-corrected chi connectivity index (χ1v) is 9.01. The van der Waals surface area contributed by atoms with E-state index in [-0.39, 0.29) is 6.42 Å². The quantitative estimate of drug-likeness (QED) is 0.608. The molecule has 2 rings (SSSR count). The Labute approximate surface area is 164 Å². The highest BCUT2D eigenvalue weighted by molar-refractivity contribution is 5.93. The molecule has 0 heterocycles. The van der Waals surface area contributed by atoms with Gasteiger partial charge in [-0.1, -0.05) is 56.3 Å². The van der Waals surface area contributed by atoms with E-state index in [1.165, 1.54) is 0 Å². The summed E-state index contributed by atoms with van der Waals surface area (Å²) in [6.07, 6.45) is 0.209. The van der Waals surface area contributed by atoms with E-state index in [2.05, 4.69) is 24.5 Å². The van der Waals surface area contributed by atoms with Crippen molar-refractivity contribution in [2.45, 2.75) is 32.2 Å². The number of nitrogens with two attached hydrogens (primary N) is 1. The zero-order chi connectivity index (χ0) is 20.5. The molecule has 0 radical (unpaired) electrons. The molecule has 1 atom stereocenters. The lowest BCUT2D eigenvalue weighted by Gasteiger charge is -2.16.